The summed E-state index contributed by atoms with van der Waals surface area (Å²) in [4.78, 5) is 11.6. The van der Waals surface area contributed by atoms with Crippen molar-refractivity contribution in [1.29, 1.82) is 0 Å². The predicted octanol–water partition coefficient (Wildman–Crippen LogP) is -0.345. The van der Waals surface area contributed by atoms with Crippen LogP contribution in [0.4, 0.5) is 0 Å². The average Bonchev–Trinajstić information content (AvgIpc) is 2.15. The van der Waals surface area contributed by atoms with Gasteiger partial charge in [-0.05, 0) is 12.8 Å². The maximum Gasteiger partial charge on any atom is 0.234 e. The van der Waals surface area contributed by atoms with Crippen LogP contribution < -0.4 is 4.72 Å². The number of carbonyl (C=O) groups excluding carboxylic acids is 1. The number of rotatable bonds is 4. The topological polar surface area (TPSA) is 101 Å². The maximum atomic E-state index is 11.7. The highest BCUT2D eigenvalue weighted by Crippen LogP contribution is 2.25. The summed E-state index contributed by atoms with van der Waals surface area (Å²) in [5.41, 5.74) is 0. The van der Waals surface area contributed by atoms with Crippen molar-refractivity contribution < 1.29 is 21.6 Å². The minimum Gasteiger partial charge on any atom is -0.274 e. The molecule has 7 nitrogen and oxygen atoms in total. The van der Waals surface area contributed by atoms with Crippen molar-refractivity contribution >= 4 is 26.0 Å². The van der Waals surface area contributed by atoms with Crippen molar-refractivity contribution in [3.8, 4) is 0 Å². The summed E-state index contributed by atoms with van der Waals surface area (Å²) < 4.78 is 49.3. The molecule has 0 radical (unpaired) electrons. The number of hydrogen-bond acceptors (Lipinski definition) is 5. The fraction of sp³-hybridized carbons (Fsp3) is 0.900. The van der Waals surface area contributed by atoms with Crippen LogP contribution in [-0.2, 0) is 24.8 Å². The van der Waals surface area contributed by atoms with E-state index in [0.29, 0.717) is 12.8 Å². The van der Waals surface area contributed by atoms with Gasteiger partial charge in [0.1, 0.15) is 0 Å². The molecule has 0 heterocycles. The van der Waals surface area contributed by atoms with E-state index in [1.54, 1.807) is 0 Å². The molecule has 2 atom stereocenters. The molecule has 0 saturated heterocycles. The monoisotopic (exact) mass is 312 g/mol. The molecule has 19 heavy (non-hydrogen) atoms. The van der Waals surface area contributed by atoms with Gasteiger partial charge in [-0.2, -0.15) is 0 Å². The Labute approximate surface area is 114 Å². The summed E-state index contributed by atoms with van der Waals surface area (Å²) in [5.74, 6) is -0.588. The van der Waals surface area contributed by atoms with Crippen molar-refractivity contribution in [3.63, 3.8) is 0 Å². The molecule has 0 aromatic rings. The van der Waals surface area contributed by atoms with Gasteiger partial charge in [-0.1, -0.05) is 12.8 Å². The lowest BCUT2D eigenvalue weighted by atomic mass is 9.91. The van der Waals surface area contributed by atoms with Crippen molar-refractivity contribution in [2.24, 2.45) is 0 Å². The Morgan fingerprint density at radius 1 is 1.11 bits per heavy atom. The molecular formula is C10H20N2O5S2. The molecule has 0 spiro atoms. The smallest absolute Gasteiger partial charge is 0.234 e. The first kappa shape index (κ1) is 16.4. The molecule has 0 aromatic carbocycles. The largest absolute Gasteiger partial charge is 0.274 e. The van der Waals surface area contributed by atoms with Crippen molar-refractivity contribution in [2.45, 2.75) is 44.7 Å². The summed E-state index contributed by atoms with van der Waals surface area (Å²) >= 11 is 0. The van der Waals surface area contributed by atoms with E-state index >= 15 is 0 Å². The fourth-order valence-electron chi connectivity index (χ4n) is 2.52. The zero-order valence-corrected chi connectivity index (χ0v) is 12.9. The van der Waals surface area contributed by atoms with E-state index in [1.165, 1.54) is 6.92 Å². The second-order valence-electron chi connectivity index (χ2n) is 4.93. The van der Waals surface area contributed by atoms with Gasteiger partial charge in [-0.15, -0.1) is 0 Å². The van der Waals surface area contributed by atoms with Crippen LogP contribution in [0.5, 0.6) is 0 Å². The van der Waals surface area contributed by atoms with Crippen LogP contribution >= 0.6 is 0 Å². The lowest BCUT2D eigenvalue weighted by Gasteiger charge is -2.37. The minimum absolute atomic E-state index is 0.472. The number of carbonyl (C=O) groups is 1. The van der Waals surface area contributed by atoms with Crippen molar-refractivity contribution in [2.75, 3.05) is 12.5 Å². The Bertz CT molecular complexity index is 540. The Kier molecular flexibility index (Phi) is 4.97. The molecule has 1 aliphatic rings. The average molecular weight is 312 g/mol. The van der Waals surface area contributed by atoms with Crippen LogP contribution in [-0.4, -0.2) is 51.6 Å². The second-order valence-corrected chi connectivity index (χ2v) is 8.57. The molecule has 1 rings (SSSR count). The van der Waals surface area contributed by atoms with Crippen molar-refractivity contribution in [1.82, 2.24) is 9.03 Å². The van der Waals surface area contributed by atoms with Crippen LogP contribution in [0.15, 0.2) is 0 Å². The third-order valence-corrected chi connectivity index (χ3v) is 5.04. The van der Waals surface area contributed by atoms with Gasteiger partial charge >= 0.3 is 0 Å². The highest BCUT2D eigenvalue weighted by molar-refractivity contribution is 7.89. The molecule has 1 aliphatic carbocycles. The van der Waals surface area contributed by atoms with Gasteiger partial charge in [-0.25, -0.2) is 25.9 Å². The summed E-state index contributed by atoms with van der Waals surface area (Å²) in [5, 5.41) is 0. The minimum atomic E-state index is -3.70. The first-order chi connectivity index (χ1) is 8.52. The zero-order chi connectivity index (χ0) is 14.8. The number of hydrogen-bond donors (Lipinski definition) is 1. The quantitative estimate of drug-likeness (QED) is 0.765. The third kappa shape index (κ3) is 4.73. The molecular weight excluding hydrogens is 292 g/mol. The first-order valence-electron chi connectivity index (χ1n) is 5.99. The fourth-order valence-corrected chi connectivity index (χ4v) is 4.55. The molecule has 0 aromatic heterocycles. The molecule has 0 bridgehead atoms. The molecule has 1 saturated carbocycles. The van der Waals surface area contributed by atoms with Crippen LogP contribution in [0.1, 0.15) is 32.6 Å². The third-order valence-electron chi connectivity index (χ3n) is 3.06. The normalized spacial score (nSPS) is 25.0. The molecule has 9 heteroatoms. The van der Waals surface area contributed by atoms with E-state index < -0.39 is 38.0 Å². The van der Waals surface area contributed by atoms with E-state index in [9.17, 15) is 21.6 Å². The van der Waals surface area contributed by atoms with Gasteiger partial charge in [-0.3, -0.25) is 4.79 Å². The SMILES string of the molecule is CC(=O)N(C1CCCCC1NS(C)(=O)=O)S(C)(=O)=O. The number of nitrogens with one attached hydrogen (secondary N) is 1. The standard InChI is InChI=1S/C10H20N2O5S2/c1-8(13)12(19(3,16)17)10-7-5-4-6-9(10)11-18(2,14)15/h9-11H,4-7H2,1-3H3. The highest BCUT2D eigenvalue weighted by atomic mass is 32.2. The first-order valence-corrected chi connectivity index (χ1v) is 9.73. The van der Waals surface area contributed by atoms with Gasteiger partial charge < -0.3 is 0 Å². The van der Waals surface area contributed by atoms with Gasteiger partial charge in [0, 0.05) is 13.0 Å². The van der Waals surface area contributed by atoms with Crippen molar-refractivity contribution in [3.05, 3.63) is 0 Å². The summed E-state index contributed by atoms with van der Waals surface area (Å²) in [6, 6.07) is -1.20. The van der Waals surface area contributed by atoms with Crippen LogP contribution in [0, 0.1) is 0 Å². The van der Waals surface area contributed by atoms with Gasteiger partial charge in [0.2, 0.25) is 26.0 Å². The molecule has 2 unspecified atom stereocenters. The zero-order valence-electron chi connectivity index (χ0n) is 11.3. The predicted molar refractivity (Wildman–Crippen MR) is 71.4 cm³/mol. The highest BCUT2D eigenvalue weighted by Gasteiger charge is 2.37. The molecule has 0 aliphatic heterocycles. The Balaban J connectivity index is 3.07. The van der Waals surface area contributed by atoms with Crippen LogP contribution in [0.3, 0.4) is 0 Å². The van der Waals surface area contributed by atoms with Crippen LogP contribution in [0.25, 0.3) is 0 Å². The molecule has 1 amide bonds. The second kappa shape index (κ2) is 5.76. The Hall–Kier alpha value is -0.670. The molecule has 1 fully saturated rings. The lowest BCUT2D eigenvalue weighted by Crippen LogP contribution is -2.55. The van der Waals surface area contributed by atoms with E-state index in [-0.39, 0.29) is 0 Å². The van der Waals surface area contributed by atoms with E-state index in [4.69, 9.17) is 0 Å². The van der Waals surface area contributed by atoms with Gasteiger partial charge in [0.05, 0.1) is 18.6 Å². The molecule has 112 valence electrons. The Morgan fingerprint density at radius 2 is 1.63 bits per heavy atom. The lowest BCUT2D eigenvalue weighted by molar-refractivity contribution is -0.126. The summed E-state index contributed by atoms with van der Waals surface area (Å²) in [6.45, 7) is 1.17. The summed E-state index contributed by atoms with van der Waals surface area (Å²) in [7, 11) is -7.15. The van der Waals surface area contributed by atoms with Gasteiger partial charge in [0.25, 0.3) is 0 Å². The number of sulfonamides is 2. The van der Waals surface area contributed by atoms with E-state index in [2.05, 4.69) is 4.72 Å². The Morgan fingerprint density at radius 3 is 2.05 bits per heavy atom. The van der Waals surface area contributed by atoms with Gasteiger partial charge in [0.15, 0.2) is 0 Å². The number of amides is 1. The van der Waals surface area contributed by atoms with E-state index in [1.807, 2.05) is 0 Å². The van der Waals surface area contributed by atoms with Crippen LogP contribution in [0.2, 0.25) is 0 Å². The van der Waals surface area contributed by atoms with E-state index in [0.717, 1.165) is 29.7 Å². The molecule has 1 N–H and O–H groups in total. The number of nitrogens with zero attached hydrogens (tertiary/aromatic N) is 1. The summed E-state index contributed by atoms with van der Waals surface area (Å²) in [6.07, 6.45) is 4.56. The maximum absolute atomic E-state index is 11.7.